The Balaban J connectivity index is 1.77. The van der Waals surface area contributed by atoms with Crippen molar-refractivity contribution in [3.8, 4) is 0 Å². The molecule has 0 aliphatic rings. The van der Waals surface area contributed by atoms with Crippen LogP contribution in [0.15, 0.2) is 48.8 Å². The van der Waals surface area contributed by atoms with Crippen LogP contribution in [-0.4, -0.2) is 27.1 Å². The monoisotopic (exact) mass is 329 g/mol. The molecule has 0 fully saturated rings. The number of aromatic nitrogens is 2. The zero-order valence-corrected chi connectivity index (χ0v) is 13.9. The molecule has 0 N–H and O–H groups in total. The van der Waals surface area contributed by atoms with Crippen LogP contribution in [0.1, 0.15) is 25.0 Å². The first-order chi connectivity index (χ1) is 11.6. The van der Waals surface area contributed by atoms with Gasteiger partial charge in [0, 0.05) is 31.0 Å². The molecular formula is C19H21F2N3. The van der Waals surface area contributed by atoms with Crippen LogP contribution in [0, 0.1) is 11.6 Å². The molecule has 0 radical (unpaired) electrons. The van der Waals surface area contributed by atoms with Crippen molar-refractivity contribution in [3.63, 3.8) is 0 Å². The summed E-state index contributed by atoms with van der Waals surface area (Å²) in [7, 11) is 0. The van der Waals surface area contributed by atoms with E-state index >= 15 is 0 Å². The van der Waals surface area contributed by atoms with Crippen molar-refractivity contribution in [1.29, 1.82) is 0 Å². The Morgan fingerprint density at radius 3 is 2.75 bits per heavy atom. The van der Waals surface area contributed by atoms with Crippen molar-refractivity contribution in [1.82, 2.24) is 14.5 Å². The van der Waals surface area contributed by atoms with Gasteiger partial charge >= 0.3 is 0 Å². The molecule has 0 spiro atoms. The standard InChI is InChI=1S/C19H21F2N3/c1-3-23(13-16-5-4-10-24-19(16)8-9-22-24)14(2)11-15-6-7-17(20)12-18(15)21/h4-10,12,14H,3,11,13H2,1-2H3. The molecule has 126 valence electrons. The Hall–Kier alpha value is -2.27. The van der Waals surface area contributed by atoms with Gasteiger partial charge in [0.1, 0.15) is 11.6 Å². The van der Waals surface area contributed by atoms with Gasteiger partial charge in [-0.2, -0.15) is 5.10 Å². The lowest BCUT2D eigenvalue weighted by atomic mass is 10.0. The van der Waals surface area contributed by atoms with Crippen molar-refractivity contribution >= 4 is 5.52 Å². The van der Waals surface area contributed by atoms with Gasteiger partial charge in [0.15, 0.2) is 0 Å². The van der Waals surface area contributed by atoms with Gasteiger partial charge in [-0.15, -0.1) is 0 Å². The van der Waals surface area contributed by atoms with E-state index in [4.69, 9.17) is 0 Å². The maximum atomic E-state index is 13.9. The van der Waals surface area contributed by atoms with E-state index in [1.54, 1.807) is 6.20 Å². The molecule has 5 heteroatoms. The Labute approximate surface area is 140 Å². The van der Waals surface area contributed by atoms with Gasteiger partial charge in [-0.05, 0) is 49.2 Å². The zero-order valence-electron chi connectivity index (χ0n) is 13.9. The highest BCUT2D eigenvalue weighted by molar-refractivity contribution is 5.53. The molecule has 2 aromatic heterocycles. The van der Waals surface area contributed by atoms with E-state index in [1.165, 1.54) is 17.7 Å². The molecule has 1 unspecified atom stereocenters. The minimum atomic E-state index is -0.538. The van der Waals surface area contributed by atoms with Gasteiger partial charge in [0.05, 0.1) is 5.52 Å². The van der Waals surface area contributed by atoms with Crippen LogP contribution in [0.3, 0.4) is 0 Å². The third-order valence-corrected chi connectivity index (χ3v) is 4.46. The maximum absolute atomic E-state index is 13.9. The maximum Gasteiger partial charge on any atom is 0.129 e. The van der Waals surface area contributed by atoms with Crippen LogP contribution in [0.25, 0.3) is 5.52 Å². The van der Waals surface area contributed by atoms with Crippen molar-refractivity contribution < 1.29 is 8.78 Å². The number of benzene rings is 1. The van der Waals surface area contributed by atoms with Gasteiger partial charge in [0.25, 0.3) is 0 Å². The third-order valence-electron chi connectivity index (χ3n) is 4.46. The van der Waals surface area contributed by atoms with Crippen LogP contribution in [0.2, 0.25) is 0 Å². The first-order valence-corrected chi connectivity index (χ1v) is 8.17. The average Bonchev–Trinajstić information content (AvgIpc) is 3.04. The zero-order chi connectivity index (χ0) is 17.1. The molecule has 24 heavy (non-hydrogen) atoms. The predicted octanol–water partition coefficient (Wildman–Crippen LogP) is 4.07. The number of hydrogen-bond acceptors (Lipinski definition) is 2. The van der Waals surface area contributed by atoms with Gasteiger partial charge in [0.2, 0.25) is 0 Å². The van der Waals surface area contributed by atoms with Gasteiger partial charge in [-0.25, -0.2) is 13.3 Å². The first kappa shape index (κ1) is 16.6. The number of halogens is 2. The number of rotatable bonds is 6. The first-order valence-electron chi connectivity index (χ1n) is 8.17. The largest absolute Gasteiger partial charge is 0.296 e. The highest BCUT2D eigenvalue weighted by atomic mass is 19.1. The van der Waals surface area contributed by atoms with Crippen LogP contribution < -0.4 is 0 Å². The summed E-state index contributed by atoms with van der Waals surface area (Å²) >= 11 is 0. The van der Waals surface area contributed by atoms with Crippen molar-refractivity contribution in [2.24, 2.45) is 0 Å². The summed E-state index contributed by atoms with van der Waals surface area (Å²) in [5.74, 6) is -1.01. The van der Waals surface area contributed by atoms with E-state index < -0.39 is 11.6 Å². The quantitative estimate of drug-likeness (QED) is 0.680. The Morgan fingerprint density at radius 2 is 2.00 bits per heavy atom. The molecule has 0 aliphatic heterocycles. The van der Waals surface area contributed by atoms with E-state index in [0.29, 0.717) is 12.0 Å². The van der Waals surface area contributed by atoms with E-state index in [9.17, 15) is 8.78 Å². The third kappa shape index (κ3) is 3.46. The van der Waals surface area contributed by atoms with E-state index in [2.05, 4.69) is 29.9 Å². The number of nitrogens with zero attached hydrogens (tertiary/aromatic N) is 3. The van der Waals surface area contributed by atoms with E-state index in [1.807, 2.05) is 22.8 Å². The predicted molar refractivity (Wildman–Crippen MR) is 90.8 cm³/mol. The van der Waals surface area contributed by atoms with Crippen LogP contribution in [0.4, 0.5) is 8.78 Å². The summed E-state index contributed by atoms with van der Waals surface area (Å²) in [6.45, 7) is 5.77. The smallest absolute Gasteiger partial charge is 0.129 e. The molecular weight excluding hydrogens is 308 g/mol. The topological polar surface area (TPSA) is 20.5 Å². The second kappa shape index (κ2) is 7.09. The van der Waals surface area contributed by atoms with Crippen molar-refractivity contribution in [2.45, 2.75) is 32.9 Å². The normalized spacial score (nSPS) is 12.9. The molecule has 1 aromatic carbocycles. The van der Waals surface area contributed by atoms with Crippen LogP contribution in [0.5, 0.6) is 0 Å². The molecule has 0 amide bonds. The Kier molecular flexibility index (Phi) is 4.90. The second-order valence-electron chi connectivity index (χ2n) is 6.05. The Morgan fingerprint density at radius 1 is 1.17 bits per heavy atom. The lowest BCUT2D eigenvalue weighted by Crippen LogP contribution is -2.34. The number of hydrogen-bond donors (Lipinski definition) is 0. The average molecular weight is 329 g/mol. The summed E-state index contributed by atoms with van der Waals surface area (Å²) in [5.41, 5.74) is 2.81. The van der Waals surface area contributed by atoms with Crippen molar-refractivity contribution in [2.75, 3.05) is 6.54 Å². The molecule has 0 saturated heterocycles. The summed E-state index contributed by atoms with van der Waals surface area (Å²) in [5, 5.41) is 4.26. The molecule has 3 aromatic rings. The van der Waals surface area contributed by atoms with Gasteiger partial charge in [-0.3, -0.25) is 4.90 Å². The molecule has 0 aliphatic carbocycles. The second-order valence-corrected chi connectivity index (χ2v) is 6.05. The van der Waals surface area contributed by atoms with Crippen LogP contribution in [-0.2, 0) is 13.0 Å². The summed E-state index contributed by atoms with van der Waals surface area (Å²) in [6.07, 6.45) is 4.25. The molecule has 3 rings (SSSR count). The molecule has 2 heterocycles. The van der Waals surface area contributed by atoms with Crippen LogP contribution >= 0.6 is 0 Å². The minimum absolute atomic E-state index is 0.137. The lowest BCUT2D eigenvalue weighted by molar-refractivity contribution is 0.209. The molecule has 3 nitrogen and oxygen atoms in total. The fourth-order valence-electron chi connectivity index (χ4n) is 3.08. The van der Waals surface area contributed by atoms with Crippen molar-refractivity contribution in [3.05, 3.63) is 71.6 Å². The highest BCUT2D eigenvalue weighted by Gasteiger charge is 2.16. The lowest BCUT2D eigenvalue weighted by Gasteiger charge is -2.28. The number of fused-ring (bicyclic) bond motifs is 1. The van der Waals surface area contributed by atoms with E-state index in [-0.39, 0.29) is 6.04 Å². The van der Waals surface area contributed by atoms with Gasteiger partial charge in [-0.1, -0.05) is 19.1 Å². The molecule has 0 saturated carbocycles. The summed E-state index contributed by atoms with van der Waals surface area (Å²) in [6, 6.07) is 10.00. The molecule has 1 atom stereocenters. The summed E-state index contributed by atoms with van der Waals surface area (Å²) in [4.78, 5) is 2.28. The Bertz CT molecular complexity index is 828. The SMILES string of the molecule is CCN(Cc1cccn2nccc12)C(C)Cc1ccc(F)cc1F. The fourth-order valence-corrected chi connectivity index (χ4v) is 3.08. The summed E-state index contributed by atoms with van der Waals surface area (Å²) < 4.78 is 28.8. The fraction of sp³-hybridized carbons (Fsp3) is 0.316. The number of pyridine rings is 1. The highest BCUT2D eigenvalue weighted by Crippen LogP contribution is 2.18. The minimum Gasteiger partial charge on any atom is -0.296 e. The number of likely N-dealkylation sites (N-methyl/N-ethyl adjacent to an activating group) is 1. The molecule has 0 bridgehead atoms. The van der Waals surface area contributed by atoms with E-state index in [0.717, 1.165) is 24.7 Å². The van der Waals surface area contributed by atoms with Gasteiger partial charge < -0.3 is 0 Å².